The van der Waals surface area contributed by atoms with Crippen molar-refractivity contribution in [3.63, 3.8) is 0 Å². The fourth-order valence-electron chi connectivity index (χ4n) is 1.33. The Bertz CT molecular complexity index is 505. The second-order valence-electron chi connectivity index (χ2n) is 3.29. The molecule has 1 N–H and O–H groups in total. The Hall–Kier alpha value is -2.30. The van der Waals surface area contributed by atoms with E-state index in [1.807, 2.05) is 0 Å². The summed E-state index contributed by atoms with van der Waals surface area (Å²) in [5.41, 5.74) is 0.767. The summed E-state index contributed by atoms with van der Waals surface area (Å²) in [6, 6.07) is 5.22. The lowest BCUT2D eigenvalue weighted by molar-refractivity contribution is -0.134. The fourth-order valence-corrected chi connectivity index (χ4v) is 1.33. The van der Waals surface area contributed by atoms with Gasteiger partial charge in [0, 0.05) is 0 Å². The Morgan fingerprint density at radius 3 is 2.88 bits per heavy atom. The maximum atomic E-state index is 12.6. The molecule has 0 saturated heterocycles. The van der Waals surface area contributed by atoms with Gasteiger partial charge in [-0.25, -0.2) is 4.79 Å². The van der Waals surface area contributed by atoms with Crippen LogP contribution in [-0.2, 0) is 4.79 Å². The molecule has 5 heteroatoms. The summed E-state index contributed by atoms with van der Waals surface area (Å²) < 4.78 is 22.9. The van der Waals surface area contributed by atoms with Gasteiger partial charge in [-0.2, -0.15) is 4.39 Å². The molecule has 1 aromatic rings. The van der Waals surface area contributed by atoms with Crippen LogP contribution >= 0.6 is 0 Å². The zero-order valence-electron chi connectivity index (χ0n) is 8.72. The number of carbonyl (C=O) groups is 1. The SMILES string of the molecule is O=C(O)/C(F)=C/C=C/c1ccc2c(c1)OCO2. The minimum absolute atomic E-state index is 0.191. The zero-order chi connectivity index (χ0) is 12.3. The second kappa shape index (κ2) is 4.69. The van der Waals surface area contributed by atoms with Crippen molar-refractivity contribution in [2.45, 2.75) is 0 Å². The van der Waals surface area contributed by atoms with E-state index < -0.39 is 11.8 Å². The van der Waals surface area contributed by atoms with Gasteiger partial charge in [-0.05, 0) is 23.8 Å². The quantitative estimate of drug-likeness (QED) is 0.646. The van der Waals surface area contributed by atoms with Crippen LogP contribution < -0.4 is 9.47 Å². The molecule has 0 atom stereocenters. The van der Waals surface area contributed by atoms with Crippen molar-refractivity contribution < 1.29 is 23.8 Å². The van der Waals surface area contributed by atoms with Crippen LogP contribution in [0.15, 0.2) is 36.2 Å². The highest BCUT2D eigenvalue weighted by Crippen LogP contribution is 2.32. The predicted molar refractivity (Wildman–Crippen MR) is 58.4 cm³/mol. The second-order valence-corrected chi connectivity index (χ2v) is 3.29. The third kappa shape index (κ3) is 2.63. The molecule has 2 rings (SSSR count). The summed E-state index contributed by atoms with van der Waals surface area (Å²) >= 11 is 0. The summed E-state index contributed by atoms with van der Waals surface area (Å²) in [6.07, 6.45) is 3.78. The fraction of sp³-hybridized carbons (Fsp3) is 0.0833. The van der Waals surface area contributed by atoms with Crippen LogP contribution in [0, 0.1) is 0 Å². The summed E-state index contributed by atoms with van der Waals surface area (Å²) in [4.78, 5) is 10.2. The topological polar surface area (TPSA) is 55.8 Å². The predicted octanol–water partition coefficient (Wildman–Crippen LogP) is 2.37. The largest absolute Gasteiger partial charge is 0.476 e. The van der Waals surface area contributed by atoms with Gasteiger partial charge in [0.05, 0.1) is 0 Å². The first-order valence-corrected chi connectivity index (χ1v) is 4.83. The standard InChI is InChI=1S/C12H9FO4/c13-9(12(14)15)3-1-2-8-4-5-10-11(6-8)17-7-16-10/h1-6H,7H2,(H,14,15)/b2-1+,9-3-. The van der Waals surface area contributed by atoms with E-state index in [0.29, 0.717) is 11.5 Å². The molecule has 1 aliphatic rings. The van der Waals surface area contributed by atoms with Gasteiger partial charge in [0.2, 0.25) is 12.6 Å². The molecule has 0 spiro atoms. The van der Waals surface area contributed by atoms with Gasteiger partial charge in [0.15, 0.2) is 11.5 Å². The van der Waals surface area contributed by atoms with Gasteiger partial charge in [-0.15, -0.1) is 0 Å². The molecule has 1 aromatic carbocycles. The summed E-state index contributed by atoms with van der Waals surface area (Å²) in [5, 5.41) is 8.29. The number of carboxylic acids is 1. The molecule has 0 unspecified atom stereocenters. The van der Waals surface area contributed by atoms with Crippen LogP contribution in [0.2, 0.25) is 0 Å². The average Bonchev–Trinajstić information content (AvgIpc) is 2.75. The number of rotatable bonds is 3. The van der Waals surface area contributed by atoms with E-state index in [1.54, 1.807) is 24.3 Å². The first kappa shape index (κ1) is 11.2. The number of ether oxygens (including phenoxy) is 2. The van der Waals surface area contributed by atoms with Crippen LogP contribution in [0.4, 0.5) is 4.39 Å². The molecule has 1 heterocycles. The van der Waals surface area contributed by atoms with Crippen LogP contribution in [0.1, 0.15) is 5.56 Å². The molecular formula is C12H9FO4. The molecule has 0 amide bonds. The molecule has 0 fully saturated rings. The van der Waals surface area contributed by atoms with E-state index in [0.717, 1.165) is 11.6 Å². The Morgan fingerprint density at radius 1 is 1.35 bits per heavy atom. The maximum Gasteiger partial charge on any atom is 0.364 e. The molecule has 0 radical (unpaired) electrons. The van der Waals surface area contributed by atoms with Gasteiger partial charge < -0.3 is 14.6 Å². The van der Waals surface area contributed by atoms with Gasteiger partial charge in [-0.1, -0.05) is 18.2 Å². The minimum atomic E-state index is -1.58. The summed E-state index contributed by atoms with van der Waals surface area (Å²) in [7, 11) is 0. The lowest BCUT2D eigenvalue weighted by Gasteiger charge is -1.96. The third-order valence-electron chi connectivity index (χ3n) is 2.13. The van der Waals surface area contributed by atoms with Crippen molar-refractivity contribution in [2.24, 2.45) is 0 Å². The number of hydrogen-bond acceptors (Lipinski definition) is 3. The summed E-state index contributed by atoms with van der Waals surface area (Å²) in [5.74, 6) is -1.51. The van der Waals surface area contributed by atoms with Crippen LogP contribution in [0.25, 0.3) is 6.08 Å². The Labute approximate surface area is 96.6 Å². The van der Waals surface area contributed by atoms with Crippen molar-refractivity contribution in [3.05, 3.63) is 41.7 Å². The van der Waals surface area contributed by atoms with Crippen LogP contribution in [-0.4, -0.2) is 17.9 Å². The highest BCUT2D eigenvalue weighted by Gasteiger charge is 2.12. The maximum absolute atomic E-state index is 12.6. The van der Waals surface area contributed by atoms with Crippen LogP contribution in [0.5, 0.6) is 11.5 Å². The molecule has 0 aliphatic carbocycles. The van der Waals surface area contributed by atoms with E-state index in [-0.39, 0.29) is 6.79 Å². The van der Waals surface area contributed by atoms with Crippen molar-refractivity contribution >= 4 is 12.0 Å². The molecule has 4 nitrogen and oxygen atoms in total. The minimum Gasteiger partial charge on any atom is -0.476 e. The van der Waals surface area contributed by atoms with E-state index >= 15 is 0 Å². The van der Waals surface area contributed by atoms with Crippen molar-refractivity contribution in [1.82, 2.24) is 0 Å². The van der Waals surface area contributed by atoms with Crippen molar-refractivity contribution in [2.75, 3.05) is 6.79 Å². The van der Waals surface area contributed by atoms with Gasteiger partial charge in [0.1, 0.15) is 0 Å². The van der Waals surface area contributed by atoms with E-state index in [2.05, 4.69) is 0 Å². The monoisotopic (exact) mass is 236 g/mol. The van der Waals surface area contributed by atoms with E-state index in [9.17, 15) is 9.18 Å². The Morgan fingerprint density at radius 2 is 2.12 bits per heavy atom. The number of allylic oxidation sites excluding steroid dienone is 2. The van der Waals surface area contributed by atoms with Gasteiger partial charge >= 0.3 is 5.97 Å². The number of halogens is 1. The Balaban J connectivity index is 2.12. The number of carboxylic acid groups (broad SMARTS) is 1. The highest BCUT2D eigenvalue weighted by molar-refractivity contribution is 5.84. The molecule has 17 heavy (non-hydrogen) atoms. The zero-order valence-corrected chi connectivity index (χ0v) is 8.72. The summed E-state index contributed by atoms with van der Waals surface area (Å²) in [6.45, 7) is 0.191. The number of benzene rings is 1. The third-order valence-corrected chi connectivity index (χ3v) is 2.13. The van der Waals surface area contributed by atoms with Crippen molar-refractivity contribution in [1.29, 1.82) is 0 Å². The molecule has 0 saturated carbocycles. The lowest BCUT2D eigenvalue weighted by Crippen LogP contribution is -1.93. The smallest absolute Gasteiger partial charge is 0.364 e. The number of aliphatic carboxylic acids is 1. The van der Waals surface area contributed by atoms with Crippen LogP contribution in [0.3, 0.4) is 0 Å². The first-order chi connectivity index (χ1) is 8.16. The van der Waals surface area contributed by atoms with E-state index in [1.165, 1.54) is 6.08 Å². The first-order valence-electron chi connectivity index (χ1n) is 4.83. The highest BCUT2D eigenvalue weighted by atomic mass is 19.1. The molecule has 1 aliphatic heterocycles. The molecule has 0 aromatic heterocycles. The lowest BCUT2D eigenvalue weighted by atomic mass is 10.2. The Kier molecular flexibility index (Phi) is 3.09. The van der Waals surface area contributed by atoms with Gasteiger partial charge in [0.25, 0.3) is 0 Å². The normalized spacial score (nSPS) is 14.3. The number of hydrogen-bond donors (Lipinski definition) is 1. The molecular weight excluding hydrogens is 227 g/mol. The van der Waals surface area contributed by atoms with Crippen molar-refractivity contribution in [3.8, 4) is 11.5 Å². The molecule has 0 bridgehead atoms. The number of fused-ring (bicyclic) bond motifs is 1. The van der Waals surface area contributed by atoms with E-state index in [4.69, 9.17) is 14.6 Å². The average molecular weight is 236 g/mol. The van der Waals surface area contributed by atoms with Gasteiger partial charge in [-0.3, -0.25) is 0 Å². The molecule has 88 valence electrons.